The second-order valence-electron chi connectivity index (χ2n) is 4.13. The summed E-state index contributed by atoms with van der Waals surface area (Å²) in [5, 5.41) is 17.5. The third kappa shape index (κ3) is 4.53. The van der Waals surface area contributed by atoms with Gasteiger partial charge in [-0.3, -0.25) is 4.79 Å². The highest BCUT2D eigenvalue weighted by Gasteiger charge is 2.16. The lowest BCUT2D eigenvalue weighted by Gasteiger charge is -2.20. The molecule has 6 heteroatoms. The smallest absolute Gasteiger partial charge is 0.254 e. The van der Waals surface area contributed by atoms with E-state index in [0.29, 0.717) is 25.1 Å². The lowest BCUT2D eigenvalue weighted by Crippen LogP contribution is -2.32. The molecule has 1 heterocycles. The normalized spacial score (nSPS) is 9.60. The lowest BCUT2D eigenvalue weighted by atomic mass is 10.1. The molecule has 0 aliphatic heterocycles. The van der Waals surface area contributed by atoms with E-state index in [9.17, 15) is 4.79 Å². The number of nitrogens with zero attached hydrogens (tertiary/aromatic N) is 4. The molecule has 20 heavy (non-hydrogen) atoms. The number of carbonyl (C=O) groups is 1. The molecule has 0 bridgehead atoms. The van der Waals surface area contributed by atoms with Gasteiger partial charge in [0, 0.05) is 24.3 Å². The summed E-state index contributed by atoms with van der Waals surface area (Å²) in [5.74, 6) is -0.227. The molecule has 0 atom stereocenters. The van der Waals surface area contributed by atoms with Crippen LogP contribution in [0.15, 0.2) is 12.1 Å². The summed E-state index contributed by atoms with van der Waals surface area (Å²) in [6.07, 6.45) is 1.14. The third-order valence-electron chi connectivity index (χ3n) is 2.73. The molecule has 0 saturated heterocycles. The van der Waals surface area contributed by atoms with Crippen molar-refractivity contribution >= 4 is 17.5 Å². The largest absolute Gasteiger partial charge is 0.337 e. The Bertz CT molecular complexity index is 541. The fourth-order valence-corrected chi connectivity index (χ4v) is 1.95. The Kier molecular flexibility index (Phi) is 6.49. The first-order valence-electron chi connectivity index (χ1n) is 6.32. The van der Waals surface area contributed by atoms with Gasteiger partial charge < -0.3 is 4.90 Å². The molecule has 1 rings (SSSR count). The number of amides is 1. The van der Waals surface area contributed by atoms with Crippen molar-refractivity contribution in [3.63, 3.8) is 0 Å². The van der Waals surface area contributed by atoms with Gasteiger partial charge in [0.25, 0.3) is 5.91 Å². The van der Waals surface area contributed by atoms with Gasteiger partial charge in [0.05, 0.1) is 25.0 Å². The molecule has 0 aliphatic carbocycles. The SMILES string of the molecule is CCc1cc(C(=O)N(CCC#N)CCC#N)cc(Cl)n1. The molecule has 0 N–H and O–H groups in total. The topological polar surface area (TPSA) is 80.8 Å². The van der Waals surface area contributed by atoms with Gasteiger partial charge in [-0.25, -0.2) is 4.98 Å². The van der Waals surface area contributed by atoms with Gasteiger partial charge in [-0.15, -0.1) is 0 Å². The molecular weight excluding hydrogens is 276 g/mol. The van der Waals surface area contributed by atoms with Crippen molar-refractivity contribution in [2.75, 3.05) is 13.1 Å². The van der Waals surface area contributed by atoms with Gasteiger partial charge in [-0.2, -0.15) is 10.5 Å². The van der Waals surface area contributed by atoms with Crippen LogP contribution in [0.1, 0.15) is 35.8 Å². The van der Waals surface area contributed by atoms with Crippen molar-refractivity contribution in [3.8, 4) is 12.1 Å². The van der Waals surface area contributed by atoms with Crippen LogP contribution in [0.4, 0.5) is 0 Å². The van der Waals surface area contributed by atoms with Crippen LogP contribution in [0.3, 0.4) is 0 Å². The fourth-order valence-electron chi connectivity index (χ4n) is 1.72. The highest BCUT2D eigenvalue weighted by atomic mass is 35.5. The van der Waals surface area contributed by atoms with Crippen LogP contribution in [-0.4, -0.2) is 28.9 Å². The van der Waals surface area contributed by atoms with Crippen LogP contribution < -0.4 is 0 Å². The van der Waals surface area contributed by atoms with Crippen molar-refractivity contribution in [2.24, 2.45) is 0 Å². The Morgan fingerprint density at radius 2 is 1.90 bits per heavy atom. The minimum atomic E-state index is -0.227. The summed E-state index contributed by atoms with van der Waals surface area (Å²) < 4.78 is 0. The van der Waals surface area contributed by atoms with E-state index in [4.69, 9.17) is 22.1 Å². The number of pyridine rings is 1. The molecule has 0 saturated carbocycles. The van der Waals surface area contributed by atoms with E-state index in [0.717, 1.165) is 5.69 Å². The first kappa shape index (κ1) is 15.9. The summed E-state index contributed by atoms with van der Waals surface area (Å²) in [7, 11) is 0. The van der Waals surface area contributed by atoms with Gasteiger partial charge in [0.1, 0.15) is 5.15 Å². The van der Waals surface area contributed by atoms with E-state index >= 15 is 0 Å². The maximum atomic E-state index is 12.4. The van der Waals surface area contributed by atoms with Gasteiger partial charge in [0.2, 0.25) is 0 Å². The predicted octanol–water partition coefficient (Wildman–Crippen LogP) is 2.57. The second-order valence-corrected chi connectivity index (χ2v) is 4.52. The Labute approximate surface area is 123 Å². The third-order valence-corrected chi connectivity index (χ3v) is 2.92. The van der Waals surface area contributed by atoms with Crippen molar-refractivity contribution in [1.29, 1.82) is 10.5 Å². The quantitative estimate of drug-likeness (QED) is 0.754. The number of nitriles is 2. The number of hydrogen-bond donors (Lipinski definition) is 0. The molecule has 104 valence electrons. The van der Waals surface area contributed by atoms with Crippen LogP contribution in [-0.2, 0) is 6.42 Å². The van der Waals surface area contributed by atoms with Gasteiger partial charge in [-0.05, 0) is 18.6 Å². The monoisotopic (exact) mass is 290 g/mol. The first-order valence-corrected chi connectivity index (χ1v) is 6.69. The molecule has 1 aromatic heterocycles. The van der Waals surface area contributed by atoms with E-state index in [1.165, 1.54) is 11.0 Å². The number of carbonyl (C=O) groups excluding carboxylic acids is 1. The Balaban J connectivity index is 2.96. The zero-order chi connectivity index (χ0) is 15.0. The van der Waals surface area contributed by atoms with Crippen LogP contribution >= 0.6 is 11.6 Å². The van der Waals surface area contributed by atoms with Gasteiger partial charge in [0.15, 0.2) is 0 Å². The maximum absolute atomic E-state index is 12.4. The van der Waals surface area contributed by atoms with E-state index in [1.807, 2.05) is 19.1 Å². The molecule has 0 fully saturated rings. The molecule has 5 nitrogen and oxygen atoms in total. The van der Waals surface area contributed by atoms with Crippen molar-refractivity contribution in [2.45, 2.75) is 26.2 Å². The van der Waals surface area contributed by atoms with E-state index in [2.05, 4.69) is 4.98 Å². The second kappa shape index (κ2) is 8.14. The highest BCUT2D eigenvalue weighted by Crippen LogP contribution is 2.14. The summed E-state index contributed by atoms with van der Waals surface area (Å²) in [6.45, 7) is 2.53. The average molecular weight is 291 g/mol. The molecule has 0 spiro atoms. The maximum Gasteiger partial charge on any atom is 0.254 e. The number of aromatic nitrogens is 1. The standard InChI is InChI=1S/C14H15ClN4O/c1-2-12-9-11(10-13(15)18-12)14(20)19(7-3-5-16)8-4-6-17/h9-10H,2-4,7-8H2,1H3. The molecule has 0 unspecified atom stereocenters. The molecule has 1 amide bonds. The zero-order valence-corrected chi connectivity index (χ0v) is 12.0. The highest BCUT2D eigenvalue weighted by molar-refractivity contribution is 6.29. The van der Waals surface area contributed by atoms with Crippen molar-refractivity contribution in [3.05, 3.63) is 28.5 Å². The van der Waals surface area contributed by atoms with E-state index < -0.39 is 0 Å². The number of halogens is 1. The molecule has 0 radical (unpaired) electrons. The summed E-state index contributed by atoms with van der Waals surface area (Å²) in [5.41, 5.74) is 1.18. The lowest BCUT2D eigenvalue weighted by molar-refractivity contribution is 0.0762. The minimum absolute atomic E-state index is 0.227. The molecule has 0 aliphatic rings. The van der Waals surface area contributed by atoms with Crippen LogP contribution in [0, 0.1) is 22.7 Å². The molecule has 0 aromatic carbocycles. The molecular formula is C14H15ClN4O. The fraction of sp³-hybridized carbons (Fsp3) is 0.429. The van der Waals surface area contributed by atoms with Gasteiger partial charge in [-0.1, -0.05) is 18.5 Å². The van der Waals surface area contributed by atoms with E-state index in [-0.39, 0.29) is 23.9 Å². The number of aryl methyl sites for hydroxylation is 1. The minimum Gasteiger partial charge on any atom is -0.337 e. The summed E-state index contributed by atoms with van der Waals surface area (Å²) in [6, 6.07) is 7.20. The van der Waals surface area contributed by atoms with Crippen LogP contribution in [0.2, 0.25) is 5.15 Å². The number of hydrogen-bond acceptors (Lipinski definition) is 4. The Morgan fingerprint density at radius 1 is 1.30 bits per heavy atom. The molecule has 1 aromatic rings. The van der Waals surface area contributed by atoms with Crippen molar-refractivity contribution in [1.82, 2.24) is 9.88 Å². The van der Waals surface area contributed by atoms with Crippen LogP contribution in [0.25, 0.3) is 0 Å². The summed E-state index contributed by atoms with van der Waals surface area (Å²) >= 11 is 5.90. The average Bonchev–Trinajstić information content (AvgIpc) is 2.46. The Morgan fingerprint density at radius 3 is 2.40 bits per heavy atom. The number of rotatable bonds is 6. The van der Waals surface area contributed by atoms with Crippen molar-refractivity contribution < 1.29 is 4.79 Å². The predicted molar refractivity (Wildman–Crippen MR) is 75.0 cm³/mol. The Hall–Kier alpha value is -2.11. The van der Waals surface area contributed by atoms with E-state index in [1.54, 1.807) is 6.07 Å². The van der Waals surface area contributed by atoms with Gasteiger partial charge >= 0.3 is 0 Å². The zero-order valence-electron chi connectivity index (χ0n) is 11.3. The first-order chi connectivity index (χ1) is 9.62. The van der Waals surface area contributed by atoms with Crippen LogP contribution in [0.5, 0.6) is 0 Å². The summed E-state index contributed by atoms with van der Waals surface area (Å²) in [4.78, 5) is 18.0.